The molecule has 2 aromatic rings. The van der Waals surface area contributed by atoms with Crippen molar-refractivity contribution in [2.75, 3.05) is 26.8 Å². The number of aromatic nitrogens is 2. The molecule has 1 aromatic heterocycles. The number of rotatable bonds is 4. The summed E-state index contributed by atoms with van der Waals surface area (Å²) in [5, 5.41) is 0. The number of hydrogen-bond acceptors (Lipinski definition) is 4. The molecule has 0 saturated carbocycles. The van der Waals surface area contributed by atoms with E-state index in [1.807, 2.05) is 53.8 Å². The average molecular weight is 329 g/mol. The van der Waals surface area contributed by atoms with E-state index < -0.39 is 0 Å². The fraction of sp³-hybridized carbons (Fsp3) is 0.444. The van der Waals surface area contributed by atoms with Crippen molar-refractivity contribution in [3.8, 4) is 5.69 Å². The van der Waals surface area contributed by atoms with Crippen LogP contribution >= 0.6 is 0 Å². The van der Waals surface area contributed by atoms with Crippen LogP contribution in [0.15, 0.2) is 43.0 Å². The number of nitrogens with zero attached hydrogens (tertiary/aromatic N) is 3. The number of amides is 1. The summed E-state index contributed by atoms with van der Waals surface area (Å²) in [7, 11) is 1.64. The number of hydrogen-bond donors (Lipinski definition) is 0. The fourth-order valence-corrected chi connectivity index (χ4v) is 3.09. The van der Waals surface area contributed by atoms with E-state index in [2.05, 4.69) is 4.98 Å². The quantitative estimate of drug-likeness (QED) is 0.862. The minimum atomic E-state index is -0.381. The highest BCUT2D eigenvalue weighted by atomic mass is 16.5. The first kappa shape index (κ1) is 16.7. The van der Waals surface area contributed by atoms with Gasteiger partial charge in [-0.2, -0.15) is 0 Å². The van der Waals surface area contributed by atoms with Gasteiger partial charge in [0.05, 0.1) is 24.6 Å². The Labute approximate surface area is 142 Å². The summed E-state index contributed by atoms with van der Waals surface area (Å²) in [5.41, 5.74) is 1.27. The molecule has 0 unspecified atom stereocenters. The molecular formula is C18H23N3O3. The maximum absolute atomic E-state index is 12.8. The lowest BCUT2D eigenvalue weighted by atomic mass is 10.0. The van der Waals surface area contributed by atoms with E-state index in [4.69, 9.17) is 9.47 Å². The first-order valence-corrected chi connectivity index (χ1v) is 8.03. The zero-order valence-corrected chi connectivity index (χ0v) is 14.3. The molecule has 0 spiro atoms. The van der Waals surface area contributed by atoms with Gasteiger partial charge in [-0.1, -0.05) is 0 Å². The molecule has 1 aromatic carbocycles. The summed E-state index contributed by atoms with van der Waals surface area (Å²) in [6.45, 7) is 5.58. The van der Waals surface area contributed by atoms with Crippen LogP contribution in [0.4, 0.5) is 0 Å². The lowest BCUT2D eigenvalue weighted by Gasteiger charge is -2.42. The van der Waals surface area contributed by atoms with Crippen LogP contribution in [-0.2, 0) is 9.47 Å². The van der Waals surface area contributed by atoms with Gasteiger partial charge in [-0.3, -0.25) is 4.79 Å². The molecule has 0 radical (unpaired) electrons. The number of imidazole rings is 1. The zero-order valence-electron chi connectivity index (χ0n) is 14.3. The van der Waals surface area contributed by atoms with Crippen molar-refractivity contribution >= 4 is 5.91 Å². The predicted octanol–water partition coefficient (Wildman–Crippen LogP) is 2.14. The minimum Gasteiger partial charge on any atom is -0.382 e. The Hall–Kier alpha value is -2.18. The van der Waals surface area contributed by atoms with Crippen LogP contribution in [0.1, 0.15) is 24.2 Å². The van der Waals surface area contributed by atoms with E-state index in [9.17, 15) is 4.79 Å². The first-order valence-electron chi connectivity index (χ1n) is 8.03. The van der Waals surface area contributed by atoms with E-state index in [0.29, 0.717) is 25.3 Å². The predicted molar refractivity (Wildman–Crippen MR) is 90.3 cm³/mol. The highest BCUT2D eigenvalue weighted by Gasteiger charge is 2.35. The van der Waals surface area contributed by atoms with Gasteiger partial charge in [0.2, 0.25) is 0 Å². The van der Waals surface area contributed by atoms with Crippen LogP contribution in [0.25, 0.3) is 5.69 Å². The highest BCUT2D eigenvalue weighted by Crippen LogP contribution is 2.23. The number of methoxy groups -OCH3 is 1. The Kier molecular flexibility index (Phi) is 4.69. The molecule has 1 fully saturated rings. The standard InChI is InChI=1S/C18H23N3O3/c1-18(2)12-21(10-16(24-18)11-23-3)17(22)14-4-6-15(7-5-14)20-9-8-19-13-20/h4-9,13,16H,10-12H2,1-3H3/t16-/m1/s1. The molecule has 24 heavy (non-hydrogen) atoms. The molecule has 1 amide bonds. The second-order valence-corrected chi connectivity index (χ2v) is 6.66. The van der Waals surface area contributed by atoms with Crippen molar-refractivity contribution in [1.29, 1.82) is 0 Å². The maximum Gasteiger partial charge on any atom is 0.254 e. The van der Waals surface area contributed by atoms with E-state index in [1.165, 1.54) is 0 Å². The molecule has 6 heteroatoms. The molecule has 1 atom stereocenters. The summed E-state index contributed by atoms with van der Waals surface area (Å²) in [6.07, 6.45) is 5.23. The average Bonchev–Trinajstić information content (AvgIpc) is 3.07. The molecular weight excluding hydrogens is 306 g/mol. The van der Waals surface area contributed by atoms with Gasteiger partial charge in [-0.25, -0.2) is 4.98 Å². The Morgan fingerprint density at radius 1 is 1.38 bits per heavy atom. The number of carbonyl (C=O) groups excluding carboxylic acids is 1. The molecule has 0 aliphatic carbocycles. The second kappa shape index (κ2) is 6.75. The molecule has 0 N–H and O–H groups in total. The smallest absolute Gasteiger partial charge is 0.254 e. The monoisotopic (exact) mass is 329 g/mol. The summed E-state index contributed by atoms with van der Waals surface area (Å²) in [6, 6.07) is 7.55. The van der Waals surface area contributed by atoms with Gasteiger partial charge in [0.1, 0.15) is 0 Å². The van der Waals surface area contributed by atoms with Crippen molar-refractivity contribution in [1.82, 2.24) is 14.5 Å². The molecule has 3 rings (SSSR count). The summed E-state index contributed by atoms with van der Waals surface area (Å²) in [4.78, 5) is 18.7. The highest BCUT2D eigenvalue weighted by molar-refractivity contribution is 5.94. The van der Waals surface area contributed by atoms with Gasteiger partial charge in [-0.05, 0) is 38.1 Å². The lowest BCUT2D eigenvalue weighted by Crippen LogP contribution is -2.55. The van der Waals surface area contributed by atoms with Crippen LogP contribution in [0, 0.1) is 0 Å². The molecule has 6 nitrogen and oxygen atoms in total. The third kappa shape index (κ3) is 3.66. The van der Waals surface area contributed by atoms with E-state index in [-0.39, 0.29) is 17.6 Å². The Bertz CT molecular complexity index is 680. The van der Waals surface area contributed by atoms with Crippen LogP contribution in [0.2, 0.25) is 0 Å². The van der Waals surface area contributed by atoms with Gasteiger partial charge in [-0.15, -0.1) is 0 Å². The van der Waals surface area contributed by atoms with Crippen molar-refractivity contribution in [3.05, 3.63) is 48.5 Å². The Morgan fingerprint density at radius 3 is 2.75 bits per heavy atom. The SMILES string of the molecule is COC[C@H]1CN(C(=O)c2ccc(-n3ccnc3)cc2)CC(C)(C)O1. The largest absolute Gasteiger partial charge is 0.382 e. The van der Waals surface area contributed by atoms with Crippen molar-refractivity contribution < 1.29 is 14.3 Å². The molecule has 1 saturated heterocycles. The van der Waals surface area contributed by atoms with Gasteiger partial charge >= 0.3 is 0 Å². The van der Waals surface area contributed by atoms with Crippen LogP contribution in [-0.4, -0.2) is 58.9 Å². The number of ether oxygens (including phenoxy) is 2. The van der Waals surface area contributed by atoms with Gasteiger partial charge < -0.3 is 18.9 Å². The number of carbonyl (C=O) groups is 1. The van der Waals surface area contributed by atoms with Crippen molar-refractivity contribution in [2.45, 2.75) is 25.6 Å². The molecule has 1 aliphatic heterocycles. The lowest BCUT2D eigenvalue weighted by molar-refractivity contribution is -0.143. The molecule has 1 aliphatic rings. The normalized spacial score (nSPS) is 20.1. The molecule has 0 bridgehead atoms. The van der Waals surface area contributed by atoms with E-state index >= 15 is 0 Å². The summed E-state index contributed by atoms with van der Waals surface area (Å²) < 4.78 is 13.1. The van der Waals surface area contributed by atoms with E-state index in [0.717, 1.165) is 5.69 Å². The van der Waals surface area contributed by atoms with Gasteiger partial charge in [0.15, 0.2) is 0 Å². The number of morpholine rings is 1. The summed E-state index contributed by atoms with van der Waals surface area (Å²) in [5.74, 6) is 0.0182. The molecule has 2 heterocycles. The zero-order chi connectivity index (χ0) is 17.2. The molecule has 128 valence electrons. The van der Waals surface area contributed by atoms with Crippen molar-refractivity contribution in [2.24, 2.45) is 0 Å². The summed E-state index contributed by atoms with van der Waals surface area (Å²) >= 11 is 0. The van der Waals surface area contributed by atoms with E-state index in [1.54, 1.807) is 19.6 Å². The minimum absolute atomic E-state index is 0.0182. The Balaban J connectivity index is 1.75. The second-order valence-electron chi connectivity index (χ2n) is 6.66. The van der Waals surface area contributed by atoms with Crippen LogP contribution in [0.5, 0.6) is 0 Å². The topological polar surface area (TPSA) is 56.6 Å². The Morgan fingerprint density at radius 2 is 2.12 bits per heavy atom. The third-order valence-corrected chi connectivity index (χ3v) is 4.04. The van der Waals surface area contributed by atoms with Crippen molar-refractivity contribution in [3.63, 3.8) is 0 Å². The van der Waals surface area contributed by atoms with Crippen LogP contribution < -0.4 is 0 Å². The first-order chi connectivity index (χ1) is 11.5. The van der Waals surface area contributed by atoms with Gasteiger partial charge in [0.25, 0.3) is 5.91 Å². The third-order valence-electron chi connectivity index (χ3n) is 4.04. The fourth-order valence-electron chi connectivity index (χ4n) is 3.09. The number of benzene rings is 1. The van der Waals surface area contributed by atoms with Gasteiger partial charge in [0, 0.05) is 43.8 Å². The maximum atomic E-state index is 12.8. The van der Waals surface area contributed by atoms with Crippen LogP contribution in [0.3, 0.4) is 0 Å².